The number of nitrogens with zero attached hydrogens (tertiary/aromatic N) is 2. The van der Waals surface area contributed by atoms with Crippen LogP contribution >= 0.6 is 0 Å². The first-order valence-electron chi connectivity index (χ1n) is 8.73. The van der Waals surface area contributed by atoms with E-state index in [9.17, 15) is 4.79 Å². The molecule has 2 aliphatic rings. The number of ether oxygens (including phenoxy) is 2. The van der Waals surface area contributed by atoms with Crippen LogP contribution in [0.3, 0.4) is 0 Å². The van der Waals surface area contributed by atoms with Crippen LogP contribution in [0.15, 0.2) is 12.4 Å². The first-order valence-corrected chi connectivity index (χ1v) is 8.73. The molecule has 23 heavy (non-hydrogen) atoms. The van der Waals surface area contributed by atoms with E-state index in [1.165, 1.54) is 12.8 Å². The van der Waals surface area contributed by atoms with Crippen molar-refractivity contribution in [2.75, 3.05) is 13.2 Å². The Kier molecular flexibility index (Phi) is 5.33. The quantitative estimate of drug-likeness (QED) is 0.835. The van der Waals surface area contributed by atoms with Gasteiger partial charge in [-0.05, 0) is 45.4 Å². The zero-order valence-electron chi connectivity index (χ0n) is 14.0. The fraction of sp³-hybridized carbons (Fsp3) is 0.765. The van der Waals surface area contributed by atoms with Gasteiger partial charge in [0.15, 0.2) is 0 Å². The van der Waals surface area contributed by atoms with Gasteiger partial charge in [-0.25, -0.2) is 0 Å². The van der Waals surface area contributed by atoms with Gasteiger partial charge < -0.3 is 14.8 Å². The molecule has 0 aromatic carbocycles. The zero-order chi connectivity index (χ0) is 16.2. The standard InChI is InChI=1S/C17H27N3O3/c1-3-20-10-14(9-18-20)16-15(5-4-8-22-16)19-17(21)12(2)23-11-13-6-7-13/h9-10,12-13,15-16H,3-8,11H2,1-2H3,(H,19,21)/t12?,15-,16+/m0/s1. The molecule has 3 rings (SSSR count). The minimum atomic E-state index is -0.406. The van der Waals surface area contributed by atoms with Crippen LogP contribution in [0.25, 0.3) is 0 Å². The molecule has 1 aromatic heterocycles. The number of aromatic nitrogens is 2. The second-order valence-corrected chi connectivity index (χ2v) is 6.60. The van der Waals surface area contributed by atoms with Crippen molar-refractivity contribution in [2.45, 2.75) is 64.3 Å². The van der Waals surface area contributed by atoms with Gasteiger partial charge in [0.1, 0.15) is 12.2 Å². The van der Waals surface area contributed by atoms with Crippen molar-refractivity contribution in [3.05, 3.63) is 18.0 Å². The number of carbonyl (C=O) groups is 1. The summed E-state index contributed by atoms with van der Waals surface area (Å²) in [5.74, 6) is 0.616. The van der Waals surface area contributed by atoms with Gasteiger partial charge in [0, 0.05) is 24.9 Å². The van der Waals surface area contributed by atoms with Gasteiger partial charge in [-0.2, -0.15) is 5.10 Å². The summed E-state index contributed by atoms with van der Waals surface area (Å²) in [6, 6.07) is -0.0160. The molecule has 1 saturated heterocycles. The Hall–Kier alpha value is -1.40. The molecule has 1 aliphatic carbocycles. The van der Waals surface area contributed by atoms with Crippen LogP contribution in [0.1, 0.15) is 51.2 Å². The smallest absolute Gasteiger partial charge is 0.249 e. The van der Waals surface area contributed by atoms with Gasteiger partial charge in [-0.15, -0.1) is 0 Å². The van der Waals surface area contributed by atoms with Crippen LogP contribution in [0.5, 0.6) is 0 Å². The molecule has 6 heteroatoms. The number of hydrogen-bond donors (Lipinski definition) is 1. The van der Waals surface area contributed by atoms with Gasteiger partial charge in [0.25, 0.3) is 0 Å². The Morgan fingerprint density at radius 1 is 1.52 bits per heavy atom. The van der Waals surface area contributed by atoms with Gasteiger partial charge in [-0.3, -0.25) is 9.48 Å². The second kappa shape index (κ2) is 7.45. The molecule has 1 aliphatic heterocycles. The summed E-state index contributed by atoms with van der Waals surface area (Å²) in [6.07, 6.45) is 7.65. The maximum Gasteiger partial charge on any atom is 0.249 e. The molecular formula is C17H27N3O3. The maximum absolute atomic E-state index is 12.4. The molecule has 6 nitrogen and oxygen atoms in total. The third-order valence-corrected chi connectivity index (χ3v) is 4.60. The molecule has 1 unspecified atom stereocenters. The van der Waals surface area contributed by atoms with Crippen molar-refractivity contribution in [2.24, 2.45) is 5.92 Å². The average molecular weight is 321 g/mol. The Labute approximate surface area is 137 Å². The predicted molar refractivity (Wildman–Crippen MR) is 85.9 cm³/mol. The van der Waals surface area contributed by atoms with E-state index in [-0.39, 0.29) is 18.1 Å². The van der Waals surface area contributed by atoms with Crippen molar-refractivity contribution in [3.8, 4) is 0 Å². The third-order valence-electron chi connectivity index (χ3n) is 4.60. The molecule has 1 aromatic rings. The lowest BCUT2D eigenvalue weighted by atomic mass is 9.98. The number of rotatable bonds is 7. The fourth-order valence-electron chi connectivity index (χ4n) is 2.90. The van der Waals surface area contributed by atoms with Crippen molar-refractivity contribution in [1.82, 2.24) is 15.1 Å². The monoisotopic (exact) mass is 321 g/mol. The molecule has 1 saturated carbocycles. The van der Waals surface area contributed by atoms with Crippen molar-refractivity contribution >= 4 is 5.91 Å². The minimum Gasteiger partial charge on any atom is -0.371 e. The summed E-state index contributed by atoms with van der Waals surface area (Å²) in [5, 5.41) is 7.43. The van der Waals surface area contributed by atoms with Gasteiger partial charge in [0.05, 0.1) is 18.8 Å². The van der Waals surface area contributed by atoms with Gasteiger partial charge in [-0.1, -0.05) is 0 Å². The highest BCUT2D eigenvalue weighted by molar-refractivity contribution is 5.80. The fourth-order valence-corrected chi connectivity index (χ4v) is 2.90. The van der Waals surface area contributed by atoms with E-state index in [1.807, 2.05) is 24.0 Å². The Balaban J connectivity index is 1.57. The Morgan fingerprint density at radius 2 is 2.35 bits per heavy atom. The molecule has 2 heterocycles. The Bertz CT molecular complexity index is 527. The minimum absolute atomic E-state index is 0.0160. The van der Waals surface area contributed by atoms with E-state index in [0.717, 1.165) is 31.6 Å². The van der Waals surface area contributed by atoms with Crippen LogP contribution in [-0.2, 0) is 20.8 Å². The highest BCUT2D eigenvalue weighted by atomic mass is 16.5. The largest absolute Gasteiger partial charge is 0.371 e. The number of aryl methyl sites for hydroxylation is 1. The summed E-state index contributed by atoms with van der Waals surface area (Å²) in [5.41, 5.74) is 1.03. The van der Waals surface area contributed by atoms with Crippen molar-refractivity contribution in [3.63, 3.8) is 0 Å². The summed E-state index contributed by atoms with van der Waals surface area (Å²) < 4.78 is 13.5. The van der Waals surface area contributed by atoms with Crippen molar-refractivity contribution < 1.29 is 14.3 Å². The van der Waals surface area contributed by atoms with Crippen LogP contribution < -0.4 is 5.32 Å². The highest BCUT2D eigenvalue weighted by Gasteiger charge is 2.31. The molecule has 128 valence electrons. The summed E-state index contributed by atoms with van der Waals surface area (Å²) in [4.78, 5) is 12.4. The topological polar surface area (TPSA) is 65.4 Å². The van der Waals surface area contributed by atoms with Crippen LogP contribution in [0.4, 0.5) is 0 Å². The van der Waals surface area contributed by atoms with E-state index < -0.39 is 6.10 Å². The van der Waals surface area contributed by atoms with E-state index in [1.54, 1.807) is 0 Å². The van der Waals surface area contributed by atoms with Gasteiger partial charge >= 0.3 is 0 Å². The molecule has 0 spiro atoms. The van der Waals surface area contributed by atoms with Gasteiger partial charge in [0.2, 0.25) is 5.91 Å². The molecule has 3 atom stereocenters. The summed E-state index contributed by atoms with van der Waals surface area (Å²) >= 11 is 0. The molecule has 1 N–H and O–H groups in total. The Morgan fingerprint density at radius 3 is 3.04 bits per heavy atom. The third kappa shape index (κ3) is 4.32. The number of nitrogens with one attached hydrogen (secondary N) is 1. The van der Waals surface area contributed by atoms with Crippen molar-refractivity contribution in [1.29, 1.82) is 0 Å². The lowest BCUT2D eigenvalue weighted by Crippen LogP contribution is -2.46. The molecular weight excluding hydrogens is 294 g/mol. The molecule has 1 amide bonds. The normalized spacial score (nSPS) is 26.0. The highest BCUT2D eigenvalue weighted by Crippen LogP contribution is 2.30. The lowest BCUT2D eigenvalue weighted by molar-refractivity contribution is -0.135. The van der Waals surface area contributed by atoms with E-state index in [2.05, 4.69) is 17.3 Å². The zero-order valence-corrected chi connectivity index (χ0v) is 14.0. The molecule has 2 fully saturated rings. The molecule has 0 radical (unpaired) electrons. The lowest BCUT2D eigenvalue weighted by Gasteiger charge is -2.32. The summed E-state index contributed by atoms with van der Waals surface area (Å²) in [6.45, 7) is 6.13. The first-order chi connectivity index (χ1) is 11.2. The van der Waals surface area contributed by atoms with Crippen LogP contribution in [0, 0.1) is 5.92 Å². The number of hydrogen-bond acceptors (Lipinski definition) is 4. The average Bonchev–Trinajstić information content (AvgIpc) is 3.28. The van der Waals surface area contributed by atoms with E-state index >= 15 is 0 Å². The summed E-state index contributed by atoms with van der Waals surface area (Å²) in [7, 11) is 0. The van der Waals surface area contributed by atoms with E-state index in [4.69, 9.17) is 9.47 Å². The molecule has 0 bridgehead atoms. The number of carbonyl (C=O) groups excluding carboxylic acids is 1. The van der Waals surface area contributed by atoms with Crippen LogP contribution in [-0.4, -0.2) is 41.0 Å². The maximum atomic E-state index is 12.4. The number of amides is 1. The first kappa shape index (κ1) is 16.5. The van der Waals surface area contributed by atoms with Crippen LogP contribution in [0.2, 0.25) is 0 Å². The SMILES string of the molecule is CCn1cc([C@H]2OCCC[C@@H]2NC(=O)C(C)OCC2CC2)cn1. The second-order valence-electron chi connectivity index (χ2n) is 6.60. The van der Waals surface area contributed by atoms with E-state index in [0.29, 0.717) is 12.5 Å². The predicted octanol–water partition coefficient (Wildman–Crippen LogP) is 2.05.